The van der Waals surface area contributed by atoms with E-state index in [2.05, 4.69) is 27.0 Å². The zero-order valence-corrected chi connectivity index (χ0v) is 14.7. The third-order valence-electron chi connectivity index (χ3n) is 4.19. The van der Waals surface area contributed by atoms with Gasteiger partial charge in [-0.1, -0.05) is 6.92 Å². The topological polar surface area (TPSA) is 121 Å². The molecule has 0 spiro atoms. The highest BCUT2D eigenvalue weighted by Crippen LogP contribution is 2.31. The van der Waals surface area contributed by atoms with Gasteiger partial charge in [0.1, 0.15) is 12.0 Å². The van der Waals surface area contributed by atoms with E-state index in [1.165, 1.54) is 19.6 Å². The summed E-state index contributed by atoms with van der Waals surface area (Å²) in [6.45, 7) is 2.06. The molecule has 0 saturated heterocycles. The summed E-state index contributed by atoms with van der Waals surface area (Å²) in [5.41, 5.74) is 9.36. The maximum atomic E-state index is 12.0. The maximum Gasteiger partial charge on any atom is 0.360 e. The molecule has 2 N–H and O–H groups in total. The van der Waals surface area contributed by atoms with Crippen LogP contribution in [0.1, 0.15) is 23.0 Å². The number of nitrogens with zero attached hydrogens (tertiary/aromatic N) is 5. The van der Waals surface area contributed by atoms with E-state index < -0.39 is 5.97 Å². The van der Waals surface area contributed by atoms with Crippen LogP contribution < -0.4 is 5.73 Å². The van der Waals surface area contributed by atoms with Crippen molar-refractivity contribution in [2.75, 3.05) is 12.8 Å². The fraction of sp³-hybridized carbons (Fsp3) is 0.167. The third kappa shape index (κ3) is 2.78. The Morgan fingerprint density at radius 2 is 2.19 bits per heavy atom. The first-order valence-electron chi connectivity index (χ1n) is 8.24. The number of carbonyl (C=O) groups excluding carboxylic acids is 1. The van der Waals surface area contributed by atoms with E-state index in [9.17, 15) is 4.79 Å². The molecule has 0 fully saturated rings. The van der Waals surface area contributed by atoms with Crippen molar-refractivity contribution in [3.05, 3.63) is 48.2 Å². The van der Waals surface area contributed by atoms with Gasteiger partial charge < -0.3 is 14.9 Å². The van der Waals surface area contributed by atoms with Gasteiger partial charge in [-0.05, 0) is 24.1 Å². The van der Waals surface area contributed by atoms with Gasteiger partial charge >= 0.3 is 5.97 Å². The number of rotatable bonds is 4. The molecular weight excluding hydrogens is 348 g/mol. The fourth-order valence-corrected chi connectivity index (χ4v) is 2.84. The molecule has 0 aromatic carbocycles. The van der Waals surface area contributed by atoms with E-state index in [4.69, 9.17) is 14.9 Å². The second-order valence-corrected chi connectivity index (χ2v) is 5.75. The molecule has 0 amide bonds. The molecule has 4 heterocycles. The van der Waals surface area contributed by atoms with Gasteiger partial charge in [0, 0.05) is 11.8 Å². The number of oxazole rings is 1. The standard InChI is InChI=1S/C18H16N6O3/c1-3-10-9-21-24-6-4-11(8-12(10)24)13-14(17-20-5-7-27-17)23-16(19)15(22-13)18(25)26-2/h4-9H,3H2,1-2H3,(H2,19,23). The Hall–Kier alpha value is -3.75. The summed E-state index contributed by atoms with van der Waals surface area (Å²) in [7, 11) is 1.26. The monoisotopic (exact) mass is 364 g/mol. The van der Waals surface area contributed by atoms with Gasteiger partial charge in [-0.2, -0.15) is 5.10 Å². The van der Waals surface area contributed by atoms with E-state index >= 15 is 0 Å². The Bertz CT molecular complexity index is 1130. The molecular formula is C18H16N6O3. The van der Waals surface area contributed by atoms with Crippen molar-refractivity contribution >= 4 is 17.3 Å². The van der Waals surface area contributed by atoms with Gasteiger partial charge in [0.2, 0.25) is 5.89 Å². The van der Waals surface area contributed by atoms with Crippen LogP contribution in [0.2, 0.25) is 0 Å². The normalized spacial score (nSPS) is 11.0. The average molecular weight is 364 g/mol. The van der Waals surface area contributed by atoms with Crippen LogP contribution in [0.5, 0.6) is 0 Å². The molecule has 9 nitrogen and oxygen atoms in total. The Kier molecular flexibility index (Phi) is 4.03. The molecule has 0 bridgehead atoms. The Balaban J connectivity index is 1.98. The van der Waals surface area contributed by atoms with Crippen molar-refractivity contribution in [1.82, 2.24) is 24.6 Å². The number of fused-ring (bicyclic) bond motifs is 1. The molecule has 0 saturated carbocycles. The van der Waals surface area contributed by atoms with Gasteiger partial charge in [0.05, 0.1) is 25.0 Å². The number of hydrogen-bond acceptors (Lipinski definition) is 8. The first kappa shape index (κ1) is 16.7. The number of carbonyl (C=O) groups is 1. The van der Waals surface area contributed by atoms with Gasteiger partial charge in [0.15, 0.2) is 17.2 Å². The molecule has 4 aromatic rings. The smallest absolute Gasteiger partial charge is 0.360 e. The first-order valence-corrected chi connectivity index (χ1v) is 8.24. The van der Waals surface area contributed by atoms with Crippen LogP contribution in [-0.4, -0.2) is 37.6 Å². The number of hydrogen-bond donors (Lipinski definition) is 1. The van der Waals surface area contributed by atoms with Crippen LogP contribution in [0.3, 0.4) is 0 Å². The second-order valence-electron chi connectivity index (χ2n) is 5.75. The summed E-state index contributed by atoms with van der Waals surface area (Å²) in [6, 6.07) is 3.76. The Morgan fingerprint density at radius 3 is 2.89 bits per heavy atom. The lowest BCUT2D eigenvalue weighted by atomic mass is 10.1. The molecule has 0 atom stereocenters. The SMILES string of the molecule is CCc1cnn2ccc(-c3nc(C(=O)OC)c(N)nc3-c3ncco3)cc12. The van der Waals surface area contributed by atoms with Gasteiger partial charge in [-0.15, -0.1) is 0 Å². The van der Waals surface area contributed by atoms with Crippen molar-refractivity contribution in [3.8, 4) is 22.8 Å². The van der Waals surface area contributed by atoms with Crippen molar-refractivity contribution in [1.29, 1.82) is 0 Å². The van der Waals surface area contributed by atoms with Crippen molar-refractivity contribution < 1.29 is 13.9 Å². The summed E-state index contributed by atoms with van der Waals surface area (Å²) in [6.07, 6.45) is 7.41. The molecule has 0 unspecified atom stereocenters. The van der Waals surface area contributed by atoms with Crippen LogP contribution in [0, 0.1) is 0 Å². The van der Waals surface area contributed by atoms with Gasteiger partial charge in [-0.3, -0.25) is 0 Å². The highest BCUT2D eigenvalue weighted by molar-refractivity contribution is 5.94. The molecule has 0 aliphatic heterocycles. The summed E-state index contributed by atoms with van der Waals surface area (Å²) >= 11 is 0. The van der Waals surface area contributed by atoms with Crippen molar-refractivity contribution in [3.63, 3.8) is 0 Å². The molecule has 9 heteroatoms. The van der Waals surface area contributed by atoms with Crippen LogP contribution >= 0.6 is 0 Å². The van der Waals surface area contributed by atoms with Crippen LogP contribution in [-0.2, 0) is 11.2 Å². The molecule has 0 aliphatic rings. The maximum absolute atomic E-state index is 12.0. The number of esters is 1. The Labute approximate surface area is 153 Å². The molecule has 136 valence electrons. The van der Waals surface area contributed by atoms with E-state index in [1.807, 2.05) is 24.5 Å². The van der Waals surface area contributed by atoms with Crippen molar-refractivity contribution in [2.24, 2.45) is 0 Å². The van der Waals surface area contributed by atoms with E-state index in [-0.39, 0.29) is 17.4 Å². The lowest BCUT2D eigenvalue weighted by molar-refractivity contribution is 0.0595. The summed E-state index contributed by atoms with van der Waals surface area (Å²) in [5, 5.41) is 4.33. The number of anilines is 1. The predicted octanol–water partition coefficient (Wildman–Crippen LogP) is 2.38. The van der Waals surface area contributed by atoms with Crippen LogP contribution in [0.25, 0.3) is 28.4 Å². The summed E-state index contributed by atoms with van der Waals surface area (Å²) < 4.78 is 11.9. The zero-order chi connectivity index (χ0) is 19.0. The minimum absolute atomic E-state index is 0.0570. The van der Waals surface area contributed by atoms with E-state index in [1.54, 1.807) is 4.52 Å². The average Bonchev–Trinajstić information content (AvgIpc) is 3.36. The quantitative estimate of drug-likeness (QED) is 0.548. The number of methoxy groups -OCH3 is 1. The number of aryl methyl sites for hydroxylation is 1. The van der Waals surface area contributed by atoms with Gasteiger partial charge in [-0.25, -0.2) is 24.3 Å². The molecule has 4 rings (SSSR count). The molecule has 27 heavy (non-hydrogen) atoms. The van der Waals surface area contributed by atoms with E-state index in [0.717, 1.165) is 23.1 Å². The third-order valence-corrected chi connectivity index (χ3v) is 4.19. The number of nitrogens with two attached hydrogens (primary N) is 1. The zero-order valence-electron chi connectivity index (χ0n) is 14.7. The molecule has 0 aliphatic carbocycles. The lowest BCUT2D eigenvalue weighted by Crippen LogP contribution is -2.12. The molecule has 0 radical (unpaired) electrons. The van der Waals surface area contributed by atoms with Gasteiger partial charge in [0.25, 0.3) is 0 Å². The number of nitrogen functional groups attached to an aromatic ring is 1. The predicted molar refractivity (Wildman–Crippen MR) is 96.8 cm³/mol. The number of pyridine rings is 1. The minimum Gasteiger partial charge on any atom is -0.464 e. The second kappa shape index (κ2) is 6.52. The lowest BCUT2D eigenvalue weighted by Gasteiger charge is -2.10. The highest BCUT2D eigenvalue weighted by Gasteiger charge is 2.22. The highest BCUT2D eigenvalue weighted by atomic mass is 16.5. The number of ether oxygens (including phenoxy) is 1. The van der Waals surface area contributed by atoms with E-state index in [0.29, 0.717) is 11.4 Å². The van der Waals surface area contributed by atoms with Crippen LogP contribution in [0.4, 0.5) is 5.82 Å². The number of aromatic nitrogens is 5. The first-order chi connectivity index (χ1) is 13.1. The minimum atomic E-state index is -0.667. The largest absolute Gasteiger partial charge is 0.464 e. The Morgan fingerprint density at radius 1 is 1.33 bits per heavy atom. The molecule has 4 aromatic heterocycles. The van der Waals surface area contributed by atoms with Crippen molar-refractivity contribution in [2.45, 2.75) is 13.3 Å². The summed E-state index contributed by atoms with van der Waals surface area (Å²) in [4.78, 5) is 24.9. The van der Waals surface area contributed by atoms with Crippen LogP contribution in [0.15, 0.2) is 41.4 Å². The summed E-state index contributed by atoms with van der Waals surface area (Å²) in [5.74, 6) is -0.469. The fourth-order valence-electron chi connectivity index (χ4n) is 2.84.